The zero-order valence-corrected chi connectivity index (χ0v) is 13.2. The van der Waals surface area contributed by atoms with Gasteiger partial charge < -0.3 is 9.29 Å². The highest BCUT2D eigenvalue weighted by Crippen LogP contribution is 2.34. The molecule has 5 nitrogen and oxygen atoms in total. The number of alkyl halides is 3. The van der Waals surface area contributed by atoms with E-state index in [0.29, 0.717) is 22.0 Å². The van der Waals surface area contributed by atoms with E-state index in [9.17, 15) is 26.7 Å². The number of pyridine rings is 1. The van der Waals surface area contributed by atoms with Gasteiger partial charge in [-0.15, -0.1) is 0 Å². The van der Waals surface area contributed by atoms with Crippen LogP contribution in [0.5, 0.6) is 11.5 Å². The molecule has 0 atom stereocenters. The summed E-state index contributed by atoms with van der Waals surface area (Å²) < 4.78 is 63.1. The zero-order chi connectivity index (χ0) is 18.2. The monoisotopic (exact) mass is 369 g/mol. The van der Waals surface area contributed by atoms with Crippen LogP contribution in [0.2, 0.25) is 0 Å². The van der Waals surface area contributed by atoms with Crippen molar-refractivity contribution < 1.29 is 30.9 Å². The third-order valence-corrected chi connectivity index (χ3v) is 4.38. The first-order valence-corrected chi connectivity index (χ1v) is 8.28. The van der Waals surface area contributed by atoms with Gasteiger partial charge in [0.2, 0.25) is 0 Å². The number of nitrogens with zero attached hydrogens (tertiary/aromatic N) is 1. The molecular weight excluding hydrogens is 359 g/mol. The Hall–Kier alpha value is -2.81. The molecule has 0 bridgehead atoms. The lowest BCUT2D eigenvalue weighted by Crippen LogP contribution is -2.28. The van der Waals surface area contributed by atoms with Gasteiger partial charge in [0.25, 0.3) is 0 Å². The molecule has 3 aromatic rings. The summed E-state index contributed by atoms with van der Waals surface area (Å²) in [7, 11) is -5.71. The van der Waals surface area contributed by atoms with E-state index in [1.165, 1.54) is 24.4 Å². The van der Waals surface area contributed by atoms with E-state index < -0.39 is 21.4 Å². The molecule has 0 aliphatic carbocycles. The van der Waals surface area contributed by atoms with Crippen LogP contribution in [-0.4, -0.2) is 24.0 Å². The molecule has 1 heterocycles. The molecule has 2 aromatic carbocycles. The highest BCUT2D eigenvalue weighted by Gasteiger charge is 2.48. The first-order valence-electron chi connectivity index (χ1n) is 6.87. The van der Waals surface area contributed by atoms with Gasteiger partial charge in [0, 0.05) is 11.6 Å². The number of rotatable bonds is 3. The van der Waals surface area contributed by atoms with Crippen molar-refractivity contribution in [3.8, 4) is 22.6 Å². The van der Waals surface area contributed by atoms with E-state index in [1.54, 1.807) is 18.2 Å². The molecule has 3 rings (SSSR count). The topological polar surface area (TPSA) is 76.5 Å². The van der Waals surface area contributed by atoms with E-state index in [-0.39, 0.29) is 5.75 Å². The lowest BCUT2D eigenvalue weighted by atomic mass is 10.0. The number of phenolic OH excluding ortho intramolecular Hbond substituents is 1. The largest absolute Gasteiger partial charge is 0.534 e. The molecule has 0 radical (unpaired) electrons. The van der Waals surface area contributed by atoms with Crippen LogP contribution in [0.1, 0.15) is 0 Å². The average molecular weight is 369 g/mol. The lowest BCUT2D eigenvalue weighted by molar-refractivity contribution is -0.0500. The van der Waals surface area contributed by atoms with Crippen molar-refractivity contribution in [3.63, 3.8) is 0 Å². The van der Waals surface area contributed by atoms with Gasteiger partial charge in [0.1, 0.15) is 17.0 Å². The molecular formula is C16H10F3NO4S. The molecule has 130 valence electrons. The van der Waals surface area contributed by atoms with E-state index in [0.717, 1.165) is 12.1 Å². The van der Waals surface area contributed by atoms with Crippen LogP contribution in [-0.2, 0) is 10.1 Å². The Balaban J connectivity index is 1.98. The molecule has 0 fully saturated rings. The quantitative estimate of drug-likeness (QED) is 0.561. The molecule has 0 aliphatic rings. The number of hydrogen-bond acceptors (Lipinski definition) is 5. The fourth-order valence-corrected chi connectivity index (χ4v) is 2.73. The molecule has 25 heavy (non-hydrogen) atoms. The van der Waals surface area contributed by atoms with Crippen LogP contribution in [0.3, 0.4) is 0 Å². The summed E-state index contributed by atoms with van der Waals surface area (Å²) in [6, 6.07) is 11.6. The van der Waals surface area contributed by atoms with Crippen molar-refractivity contribution in [2.75, 3.05) is 0 Å². The Kier molecular flexibility index (Phi) is 4.03. The Morgan fingerprint density at radius 1 is 1.00 bits per heavy atom. The summed E-state index contributed by atoms with van der Waals surface area (Å²) in [5.74, 6) is -0.460. The van der Waals surface area contributed by atoms with E-state index >= 15 is 0 Å². The van der Waals surface area contributed by atoms with Crippen LogP contribution in [0.4, 0.5) is 13.2 Å². The van der Waals surface area contributed by atoms with Crippen LogP contribution in [0.15, 0.2) is 54.7 Å². The third-order valence-electron chi connectivity index (χ3n) is 3.40. The lowest BCUT2D eigenvalue weighted by Gasteiger charge is -2.11. The van der Waals surface area contributed by atoms with E-state index in [2.05, 4.69) is 9.17 Å². The normalized spacial score (nSPS) is 12.3. The summed E-state index contributed by atoms with van der Waals surface area (Å²) in [5, 5.41) is 10.5. The standard InChI is InChI=1S/C16H10F3NO4S/c17-16(18,19)25(22,23)24-11-5-3-10(4-6-11)12-7-8-14(21)15-13(12)2-1-9-20-15/h1-9,21H. The number of halogens is 3. The summed E-state index contributed by atoms with van der Waals surface area (Å²) >= 11 is 0. The number of phenols is 1. The Labute approximate surface area is 140 Å². The van der Waals surface area contributed by atoms with Crippen molar-refractivity contribution >= 4 is 21.0 Å². The zero-order valence-electron chi connectivity index (χ0n) is 12.4. The minimum Gasteiger partial charge on any atom is -0.506 e. The van der Waals surface area contributed by atoms with E-state index in [1.807, 2.05) is 0 Å². The van der Waals surface area contributed by atoms with Crippen molar-refractivity contribution in [2.45, 2.75) is 5.51 Å². The second kappa shape index (κ2) is 5.92. The fourth-order valence-electron chi connectivity index (χ4n) is 2.27. The first kappa shape index (κ1) is 17.0. The maximum absolute atomic E-state index is 12.3. The predicted octanol–water partition coefficient (Wildman–Crippen LogP) is 3.84. The van der Waals surface area contributed by atoms with Crippen LogP contribution < -0.4 is 4.18 Å². The minimum atomic E-state index is -5.71. The van der Waals surface area contributed by atoms with Gasteiger partial charge in [-0.3, -0.25) is 4.98 Å². The SMILES string of the molecule is O=S(=O)(Oc1ccc(-c2ccc(O)c3ncccc23)cc1)C(F)(F)F. The summed E-state index contributed by atoms with van der Waals surface area (Å²) in [6.07, 6.45) is 1.52. The predicted molar refractivity (Wildman–Crippen MR) is 84.4 cm³/mol. The van der Waals surface area contributed by atoms with Gasteiger partial charge >= 0.3 is 15.6 Å². The van der Waals surface area contributed by atoms with Crippen molar-refractivity contribution in [1.29, 1.82) is 0 Å². The molecule has 1 N–H and O–H groups in total. The Morgan fingerprint density at radius 3 is 2.32 bits per heavy atom. The van der Waals surface area contributed by atoms with Crippen molar-refractivity contribution in [2.24, 2.45) is 0 Å². The maximum Gasteiger partial charge on any atom is 0.534 e. The van der Waals surface area contributed by atoms with Crippen molar-refractivity contribution in [3.05, 3.63) is 54.7 Å². The van der Waals surface area contributed by atoms with Crippen molar-refractivity contribution in [1.82, 2.24) is 4.98 Å². The molecule has 0 saturated heterocycles. The molecule has 1 aromatic heterocycles. The molecule has 0 amide bonds. The maximum atomic E-state index is 12.3. The number of hydrogen-bond donors (Lipinski definition) is 1. The van der Waals surface area contributed by atoms with Gasteiger partial charge in [-0.05, 0) is 41.5 Å². The van der Waals surface area contributed by atoms with Crippen LogP contribution in [0.25, 0.3) is 22.0 Å². The molecule has 9 heteroatoms. The first-order chi connectivity index (χ1) is 11.7. The Bertz CT molecular complexity index is 1030. The van der Waals surface area contributed by atoms with Gasteiger partial charge in [-0.2, -0.15) is 21.6 Å². The third kappa shape index (κ3) is 3.22. The second-order valence-corrected chi connectivity index (χ2v) is 6.58. The minimum absolute atomic E-state index is 0.00410. The molecule has 0 saturated carbocycles. The molecule has 0 unspecified atom stereocenters. The Morgan fingerprint density at radius 2 is 1.68 bits per heavy atom. The van der Waals surface area contributed by atoms with Gasteiger partial charge in [-0.1, -0.05) is 18.2 Å². The highest BCUT2D eigenvalue weighted by atomic mass is 32.2. The fraction of sp³-hybridized carbons (Fsp3) is 0.0625. The van der Waals surface area contributed by atoms with E-state index in [4.69, 9.17) is 0 Å². The number of aromatic hydroxyl groups is 1. The molecule has 0 aliphatic heterocycles. The number of benzene rings is 2. The molecule has 0 spiro atoms. The summed E-state index contributed by atoms with van der Waals surface area (Å²) in [4.78, 5) is 4.08. The smallest absolute Gasteiger partial charge is 0.506 e. The number of fused-ring (bicyclic) bond motifs is 1. The van der Waals surface area contributed by atoms with Gasteiger partial charge in [0.05, 0.1) is 0 Å². The highest BCUT2D eigenvalue weighted by molar-refractivity contribution is 7.88. The number of aromatic nitrogens is 1. The van der Waals surface area contributed by atoms with Crippen LogP contribution >= 0.6 is 0 Å². The van der Waals surface area contributed by atoms with Crippen LogP contribution in [0, 0.1) is 0 Å². The van der Waals surface area contributed by atoms with Gasteiger partial charge in [-0.25, -0.2) is 0 Å². The summed E-state index contributed by atoms with van der Waals surface area (Å²) in [5.41, 5.74) is -3.86. The summed E-state index contributed by atoms with van der Waals surface area (Å²) in [6.45, 7) is 0. The average Bonchev–Trinajstić information content (AvgIpc) is 2.55. The second-order valence-electron chi connectivity index (χ2n) is 5.04. The van der Waals surface area contributed by atoms with Gasteiger partial charge in [0.15, 0.2) is 0 Å².